The zero-order valence-electron chi connectivity index (χ0n) is 8.86. The van der Waals surface area contributed by atoms with Gasteiger partial charge in [0, 0.05) is 5.02 Å². The normalized spacial score (nSPS) is 10.2. The number of aromatic nitrogens is 1. The van der Waals surface area contributed by atoms with Gasteiger partial charge in [0.1, 0.15) is 11.6 Å². The summed E-state index contributed by atoms with van der Waals surface area (Å²) in [7, 11) is 0. The lowest BCUT2D eigenvalue weighted by Gasteiger charge is -2.07. The van der Waals surface area contributed by atoms with Gasteiger partial charge in [0.05, 0.1) is 11.9 Å². The van der Waals surface area contributed by atoms with E-state index in [1.165, 1.54) is 6.20 Å². The van der Waals surface area contributed by atoms with Gasteiger partial charge in [-0.15, -0.1) is 0 Å². The summed E-state index contributed by atoms with van der Waals surface area (Å²) < 4.78 is 5.48. The van der Waals surface area contributed by atoms with E-state index in [4.69, 9.17) is 33.7 Å². The standard InChI is InChI=1S/C12H10Cl2N2O/c13-9-3-1-8(2-4-9)7-17-12-11(14)5-10(15)6-16-12/h1-6H,7,15H2. The van der Waals surface area contributed by atoms with Crippen molar-refractivity contribution in [3.8, 4) is 5.88 Å². The molecule has 3 nitrogen and oxygen atoms in total. The second kappa shape index (κ2) is 5.25. The summed E-state index contributed by atoms with van der Waals surface area (Å²) in [5, 5.41) is 1.09. The van der Waals surface area contributed by atoms with E-state index >= 15 is 0 Å². The van der Waals surface area contributed by atoms with Gasteiger partial charge in [-0.2, -0.15) is 0 Å². The Labute approximate surface area is 109 Å². The molecular formula is C12H10Cl2N2O. The fourth-order valence-electron chi connectivity index (χ4n) is 1.28. The van der Waals surface area contributed by atoms with Crippen molar-refractivity contribution < 1.29 is 4.74 Å². The molecule has 0 aliphatic carbocycles. The van der Waals surface area contributed by atoms with Gasteiger partial charge in [0.2, 0.25) is 5.88 Å². The maximum absolute atomic E-state index is 5.93. The van der Waals surface area contributed by atoms with Crippen molar-refractivity contribution in [3.05, 3.63) is 52.1 Å². The molecule has 1 aromatic heterocycles. The molecule has 0 aliphatic rings. The number of anilines is 1. The molecule has 17 heavy (non-hydrogen) atoms. The lowest BCUT2D eigenvalue weighted by atomic mass is 10.2. The Balaban J connectivity index is 2.04. The number of hydrogen-bond donors (Lipinski definition) is 1. The lowest BCUT2D eigenvalue weighted by molar-refractivity contribution is 0.294. The van der Waals surface area contributed by atoms with Crippen LogP contribution in [0.25, 0.3) is 0 Å². The van der Waals surface area contributed by atoms with Crippen molar-refractivity contribution >= 4 is 28.9 Å². The molecule has 1 heterocycles. The van der Waals surface area contributed by atoms with Gasteiger partial charge in [0.25, 0.3) is 0 Å². The summed E-state index contributed by atoms with van der Waals surface area (Å²) in [5.41, 5.74) is 7.03. The maximum atomic E-state index is 5.93. The number of halogens is 2. The van der Waals surface area contributed by atoms with Gasteiger partial charge in [-0.05, 0) is 23.8 Å². The lowest BCUT2D eigenvalue weighted by Crippen LogP contribution is -1.98. The highest BCUT2D eigenvalue weighted by molar-refractivity contribution is 6.32. The van der Waals surface area contributed by atoms with E-state index in [1.54, 1.807) is 18.2 Å². The highest BCUT2D eigenvalue weighted by atomic mass is 35.5. The Bertz CT molecular complexity index is 514. The molecule has 0 saturated carbocycles. The predicted octanol–water partition coefficient (Wildman–Crippen LogP) is 3.55. The van der Waals surface area contributed by atoms with E-state index in [0.29, 0.717) is 28.2 Å². The molecule has 0 aliphatic heterocycles. The second-order valence-electron chi connectivity index (χ2n) is 3.47. The molecule has 0 atom stereocenters. The first-order valence-electron chi connectivity index (χ1n) is 4.93. The number of pyridine rings is 1. The van der Waals surface area contributed by atoms with Gasteiger partial charge in [-0.3, -0.25) is 0 Å². The van der Waals surface area contributed by atoms with Crippen LogP contribution in [0.1, 0.15) is 5.56 Å². The number of hydrogen-bond acceptors (Lipinski definition) is 3. The van der Waals surface area contributed by atoms with Gasteiger partial charge >= 0.3 is 0 Å². The predicted molar refractivity (Wildman–Crippen MR) is 69.4 cm³/mol. The minimum Gasteiger partial charge on any atom is -0.472 e. The smallest absolute Gasteiger partial charge is 0.233 e. The first kappa shape index (κ1) is 12.0. The summed E-state index contributed by atoms with van der Waals surface area (Å²) >= 11 is 11.7. The van der Waals surface area contributed by atoms with E-state index in [-0.39, 0.29) is 0 Å². The number of ether oxygens (including phenoxy) is 1. The van der Waals surface area contributed by atoms with Crippen molar-refractivity contribution in [2.45, 2.75) is 6.61 Å². The average Bonchev–Trinajstić information content (AvgIpc) is 2.30. The molecule has 1 aromatic carbocycles. The van der Waals surface area contributed by atoms with Gasteiger partial charge in [-0.1, -0.05) is 35.3 Å². The summed E-state index contributed by atoms with van der Waals surface area (Å²) in [6.45, 7) is 0.383. The summed E-state index contributed by atoms with van der Waals surface area (Å²) in [6.07, 6.45) is 1.50. The zero-order chi connectivity index (χ0) is 12.3. The molecule has 2 aromatic rings. The largest absolute Gasteiger partial charge is 0.472 e. The van der Waals surface area contributed by atoms with Crippen LogP contribution in [0.5, 0.6) is 5.88 Å². The summed E-state index contributed by atoms with van der Waals surface area (Å²) in [6, 6.07) is 8.98. The molecule has 0 fully saturated rings. The Morgan fingerprint density at radius 3 is 2.53 bits per heavy atom. The van der Waals surface area contributed by atoms with Crippen LogP contribution in [-0.4, -0.2) is 4.98 Å². The number of benzene rings is 1. The summed E-state index contributed by atoms with van der Waals surface area (Å²) in [5.74, 6) is 0.371. The fourth-order valence-corrected chi connectivity index (χ4v) is 1.63. The fraction of sp³-hybridized carbons (Fsp3) is 0.0833. The first-order valence-corrected chi connectivity index (χ1v) is 5.69. The molecule has 2 N–H and O–H groups in total. The van der Waals surface area contributed by atoms with Crippen molar-refractivity contribution in [2.75, 3.05) is 5.73 Å². The zero-order valence-corrected chi connectivity index (χ0v) is 10.4. The van der Waals surface area contributed by atoms with Crippen LogP contribution in [-0.2, 0) is 6.61 Å². The van der Waals surface area contributed by atoms with Crippen LogP contribution >= 0.6 is 23.2 Å². The molecule has 5 heteroatoms. The van der Waals surface area contributed by atoms with Crippen molar-refractivity contribution in [1.82, 2.24) is 4.98 Å². The Morgan fingerprint density at radius 2 is 1.88 bits per heavy atom. The van der Waals surface area contributed by atoms with E-state index in [0.717, 1.165) is 5.56 Å². The molecule has 0 radical (unpaired) electrons. The third-order valence-electron chi connectivity index (χ3n) is 2.12. The van der Waals surface area contributed by atoms with E-state index in [1.807, 2.05) is 12.1 Å². The third-order valence-corrected chi connectivity index (χ3v) is 2.64. The topological polar surface area (TPSA) is 48.1 Å². The first-order chi connectivity index (χ1) is 8.15. The summed E-state index contributed by atoms with van der Waals surface area (Å²) in [4.78, 5) is 4.01. The van der Waals surface area contributed by atoms with Crippen LogP contribution in [0.4, 0.5) is 5.69 Å². The number of nitrogen functional groups attached to an aromatic ring is 1. The quantitative estimate of drug-likeness (QED) is 0.926. The number of nitrogens with zero attached hydrogens (tertiary/aromatic N) is 1. The minimum atomic E-state index is 0.371. The Morgan fingerprint density at radius 1 is 1.18 bits per heavy atom. The molecular weight excluding hydrogens is 259 g/mol. The number of rotatable bonds is 3. The third kappa shape index (κ3) is 3.25. The highest BCUT2D eigenvalue weighted by Crippen LogP contribution is 2.24. The maximum Gasteiger partial charge on any atom is 0.233 e. The second-order valence-corrected chi connectivity index (χ2v) is 4.31. The molecule has 0 bridgehead atoms. The molecule has 0 amide bonds. The van der Waals surface area contributed by atoms with Crippen LogP contribution in [0.15, 0.2) is 36.5 Å². The van der Waals surface area contributed by atoms with Crippen molar-refractivity contribution in [3.63, 3.8) is 0 Å². The van der Waals surface area contributed by atoms with Crippen molar-refractivity contribution in [1.29, 1.82) is 0 Å². The van der Waals surface area contributed by atoms with Crippen molar-refractivity contribution in [2.24, 2.45) is 0 Å². The van der Waals surface area contributed by atoms with Crippen LogP contribution < -0.4 is 10.5 Å². The molecule has 2 rings (SSSR count). The van der Waals surface area contributed by atoms with E-state index in [2.05, 4.69) is 4.98 Å². The monoisotopic (exact) mass is 268 g/mol. The molecule has 88 valence electrons. The Hall–Kier alpha value is -1.45. The highest BCUT2D eigenvalue weighted by Gasteiger charge is 2.04. The van der Waals surface area contributed by atoms with Gasteiger partial charge < -0.3 is 10.5 Å². The van der Waals surface area contributed by atoms with Gasteiger partial charge in [-0.25, -0.2) is 4.98 Å². The molecule has 0 unspecified atom stereocenters. The van der Waals surface area contributed by atoms with E-state index in [9.17, 15) is 0 Å². The van der Waals surface area contributed by atoms with Crippen LogP contribution in [0.3, 0.4) is 0 Å². The molecule has 0 saturated heterocycles. The number of nitrogens with two attached hydrogens (primary N) is 1. The SMILES string of the molecule is Nc1cnc(OCc2ccc(Cl)cc2)c(Cl)c1. The van der Waals surface area contributed by atoms with Crippen LogP contribution in [0, 0.1) is 0 Å². The molecule has 0 spiro atoms. The Kier molecular flexibility index (Phi) is 3.71. The van der Waals surface area contributed by atoms with Crippen LogP contribution in [0.2, 0.25) is 10.0 Å². The average molecular weight is 269 g/mol. The minimum absolute atomic E-state index is 0.371. The van der Waals surface area contributed by atoms with E-state index < -0.39 is 0 Å². The van der Waals surface area contributed by atoms with Gasteiger partial charge in [0.15, 0.2) is 0 Å².